The van der Waals surface area contributed by atoms with Gasteiger partial charge in [0.2, 0.25) is 0 Å². The molecule has 2 N–H and O–H groups in total. The van der Waals surface area contributed by atoms with E-state index in [0.717, 1.165) is 18.9 Å². The van der Waals surface area contributed by atoms with Gasteiger partial charge >= 0.3 is 0 Å². The van der Waals surface area contributed by atoms with E-state index in [9.17, 15) is 8.78 Å². The fraction of sp³-hybridized carbons (Fsp3) is 0.250. The zero-order valence-electron chi connectivity index (χ0n) is 10.5. The molecule has 0 spiro atoms. The predicted molar refractivity (Wildman–Crippen MR) is 70.8 cm³/mol. The molecule has 2 aromatic carbocycles. The zero-order chi connectivity index (χ0) is 13.5. The Balaban J connectivity index is 1.85. The first-order chi connectivity index (χ1) is 9.04. The van der Waals surface area contributed by atoms with Crippen molar-refractivity contribution in [1.82, 2.24) is 0 Å². The Hall–Kier alpha value is -1.74. The third-order valence-electron chi connectivity index (χ3n) is 3.68. The molecule has 1 aliphatic rings. The first-order valence-electron chi connectivity index (χ1n) is 6.35. The van der Waals surface area contributed by atoms with Gasteiger partial charge in [-0.15, -0.1) is 0 Å². The number of nitrogens with two attached hydrogens (primary N) is 1. The van der Waals surface area contributed by atoms with Crippen LogP contribution in [-0.2, 0) is 19.3 Å². The highest BCUT2D eigenvalue weighted by Gasteiger charge is 2.33. The van der Waals surface area contributed by atoms with Crippen LogP contribution in [0.1, 0.15) is 16.7 Å². The van der Waals surface area contributed by atoms with Crippen LogP contribution in [0.4, 0.5) is 8.78 Å². The number of hydrogen-bond donors (Lipinski definition) is 1. The van der Waals surface area contributed by atoms with Crippen LogP contribution in [0.3, 0.4) is 0 Å². The fourth-order valence-corrected chi connectivity index (χ4v) is 2.97. The van der Waals surface area contributed by atoms with Crippen LogP contribution in [0, 0.1) is 11.6 Å². The monoisotopic (exact) mass is 259 g/mol. The van der Waals surface area contributed by atoms with Crippen LogP contribution in [0.25, 0.3) is 0 Å². The van der Waals surface area contributed by atoms with Crippen molar-refractivity contribution in [3.8, 4) is 0 Å². The minimum Gasteiger partial charge on any atom is -0.324 e. The lowest BCUT2D eigenvalue weighted by Crippen LogP contribution is -2.43. The number of halogens is 2. The molecule has 0 radical (unpaired) electrons. The first-order valence-corrected chi connectivity index (χ1v) is 6.35. The van der Waals surface area contributed by atoms with Gasteiger partial charge < -0.3 is 5.73 Å². The van der Waals surface area contributed by atoms with Crippen LogP contribution in [0.5, 0.6) is 0 Å². The maximum absolute atomic E-state index is 13.2. The molecule has 0 aromatic heterocycles. The summed E-state index contributed by atoms with van der Waals surface area (Å²) >= 11 is 0. The molecule has 0 heterocycles. The highest BCUT2D eigenvalue weighted by molar-refractivity contribution is 5.37. The lowest BCUT2D eigenvalue weighted by molar-refractivity contribution is 0.443. The molecular formula is C16H15F2N. The molecule has 1 aliphatic carbocycles. The third-order valence-corrected chi connectivity index (χ3v) is 3.68. The van der Waals surface area contributed by atoms with Crippen molar-refractivity contribution in [3.05, 3.63) is 70.8 Å². The van der Waals surface area contributed by atoms with Crippen LogP contribution in [-0.4, -0.2) is 5.54 Å². The molecule has 3 rings (SSSR count). The average molecular weight is 259 g/mol. The number of benzene rings is 2. The van der Waals surface area contributed by atoms with E-state index in [1.165, 1.54) is 23.3 Å². The molecule has 0 bridgehead atoms. The summed E-state index contributed by atoms with van der Waals surface area (Å²) in [4.78, 5) is 0. The van der Waals surface area contributed by atoms with Crippen molar-refractivity contribution in [2.75, 3.05) is 0 Å². The average Bonchev–Trinajstić information content (AvgIpc) is 2.62. The smallest absolute Gasteiger partial charge is 0.126 e. The summed E-state index contributed by atoms with van der Waals surface area (Å²) < 4.78 is 26.4. The molecule has 0 fully saturated rings. The SMILES string of the molecule is NC1(Cc2cc(F)cc(F)c2)Cc2ccccc2C1. The summed E-state index contributed by atoms with van der Waals surface area (Å²) in [6, 6.07) is 11.7. The molecule has 2 aromatic rings. The lowest BCUT2D eigenvalue weighted by atomic mass is 9.89. The van der Waals surface area contributed by atoms with Gasteiger partial charge in [0.15, 0.2) is 0 Å². The van der Waals surface area contributed by atoms with Crippen molar-refractivity contribution < 1.29 is 8.78 Å². The van der Waals surface area contributed by atoms with Gasteiger partial charge in [-0.1, -0.05) is 24.3 Å². The lowest BCUT2D eigenvalue weighted by Gasteiger charge is -2.23. The number of hydrogen-bond acceptors (Lipinski definition) is 1. The molecule has 98 valence electrons. The topological polar surface area (TPSA) is 26.0 Å². The molecule has 0 atom stereocenters. The summed E-state index contributed by atoms with van der Waals surface area (Å²) in [5.74, 6) is -1.09. The maximum atomic E-state index is 13.2. The molecule has 19 heavy (non-hydrogen) atoms. The van der Waals surface area contributed by atoms with Gasteiger partial charge in [0.25, 0.3) is 0 Å². The van der Waals surface area contributed by atoms with Crippen LogP contribution >= 0.6 is 0 Å². The summed E-state index contributed by atoms with van der Waals surface area (Å²) in [7, 11) is 0. The van der Waals surface area contributed by atoms with Gasteiger partial charge in [-0.05, 0) is 48.1 Å². The molecule has 3 heteroatoms. The van der Waals surface area contributed by atoms with Crippen molar-refractivity contribution in [3.63, 3.8) is 0 Å². The normalized spacial score (nSPS) is 16.4. The summed E-state index contributed by atoms with van der Waals surface area (Å²) in [6.45, 7) is 0. The second-order valence-electron chi connectivity index (χ2n) is 5.44. The van der Waals surface area contributed by atoms with E-state index in [1.807, 2.05) is 12.1 Å². The van der Waals surface area contributed by atoms with Crippen LogP contribution in [0.2, 0.25) is 0 Å². The van der Waals surface area contributed by atoms with E-state index < -0.39 is 17.2 Å². The fourth-order valence-electron chi connectivity index (χ4n) is 2.97. The molecule has 0 unspecified atom stereocenters. The van der Waals surface area contributed by atoms with Gasteiger partial charge in [0.1, 0.15) is 11.6 Å². The largest absolute Gasteiger partial charge is 0.324 e. The van der Waals surface area contributed by atoms with E-state index >= 15 is 0 Å². The van der Waals surface area contributed by atoms with Gasteiger partial charge in [-0.3, -0.25) is 0 Å². The molecular weight excluding hydrogens is 244 g/mol. The molecule has 0 aliphatic heterocycles. The Morgan fingerprint density at radius 3 is 2.00 bits per heavy atom. The Bertz CT molecular complexity index is 577. The van der Waals surface area contributed by atoms with Gasteiger partial charge in [-0.25, -0.2) is 8.78 Å². The predicted octanol–water partition coefficient (Wildman–Crippen LogP) is 3.00. The van der Waals surface area contributed by atoms with Crippen LogP contribution < -0.4 is 5.73 Å². The molecule has 0 amide bonds. The Kier molecular flexibility index (Phi) is 2.86. The number of fused-ring (bicyclic) bond motifs is 1. The third kappa shape index (κ3) is 2.51. The van der Waals surface area contributed by atoms with E-state index in [-0.39, 0.29) is 0 Å². The summed E-state index contributed by atoms with van der Waals surface area (Å²) in [5.41, 5.74) is 9.05. The van der Waals surface area contributed by atoms with Crippen LogP contribution in [0.15, 0.2) is 42.5 Å². The highest BCUT2D eigenvalue weighted by Crippen LogP contribution is 2.31. The Morgan fingerprint density at radius 2 is 1.47 bits per heavy atom. The van der Waals surface area contributed by atoms with Crippen molar-refractivity contribution in [2.45, 2.75) is 24.8 Å². The Morgan fingerprint density at radius 1 is 0.947 bits per heavy atom. The minimum atomic E-state index is -0.547. The first kappa shape index (κ1) is 12.3. The molecule has 1 nitrogen and oxygen atoms in total. The van der Waals surface area contributed by atoms with E-state index in [2.05, 4.69) is 12.1 Å². The molecule has 0 saturated carbocycles. The second-order valence-corrected chi connectivity index (χ2v) is 5.44. The maximum Gasteiger partial charge on any atom is 0.126 e. The van der Waals surface area contributed by atoms with Crippen molar-refractivity contribution in [2.24, 2.45) is 5.73 Å². The van der Waals surface area contributed by atoms with E-state index in [0.29, 0.717) is 12.0 Å². The van der Waals surface area contributed by atoms with E-state index in [4.69, 9.17) is 5.73 Å². The second kappa shape index (κ2) is 4.42. The summed E-state index contributed by atoms with van der Waals surface area (Å²) in [6.07, 6.45) is 1.99. The van der Waals surface area contributed by atoms with E-state index in [1.54, 1.807) is 0 Å². The van der Waals surface area contributed by atoms with Gasteiger partial charge in [0, 0.05) is 11.6 Å². The molecule has 0 saturated heterocycles. The standard InChI is InChI=1S/C16H15F2N/c17-14-5-11(6-15(18)7-14)8-16(19)9-12-3-1-2-4-13(12)10-16/h1-7H,8-10,19H2. The minimum absolute atomic E-state index is 0.441. The summed E-state index contributed by atoms with van der Waals surface area (Å²) in [5, 5.41) is 0. The highest BCUT2D eigenvalue weighted by atomic mass is 19.1. The van der Waals surface area contributed by atoms with Gasteiger partial charge in [0.05, 0.1) is 0 Å². The quantitative estimate of drug-likeness (QED) is 0.881. The zero-order valence-corrected chi connectivity index (χ0v) is 10.5. The van der Waals surface area contributed by atoms with Gasteiger partial charge in [-0.2, -0.15) is 0 Å². The Labute approximate surface area is 111 Å². The van der Waals surface area contributed by atoms with Crippen molar-refractivity contribution in [1.29, 1.82) is 0 Å². The number of rotatable bonds is 2. The van der Waals surface area contributed by atoms with Crippen molar-refractivity contribution >= 4 is 0 Å².